The van der Waals surface area contributed by atoms with Crippen molar-refractivity contribution < 1.29 is 9.68 Å². The molecule has 1 aliphatic rings. The van der Waals surface area contributed by atoms with Crippen molar-refractivity contribution in [3.63, 3.8) is 0 Å². The molecule has 0 saturated heterocycles. The van der Waals surface area contributed by atoms with Gasteiger partial charge >= 0.3 is 0 Å². The molecule has 0 unspecified atom stereocenters. The second-order valence-electron chi connectivity index (χ2n) is 13.6. The molecular weight excluding hydrogens is 592 g/mol. The summed E-state index contributed by atoms with van der Waals surface area (Å²) in [6, 6.07) is 44.0. The number of nitrogens with zero attached hydrogens (tertiary/aromatic N) is 4. The van der Waals surface area contributed by atoms with E-state index in [1.807, 2.05) is 58.8 Å². The zero-order chi connectivity index (χ0) is 33.0. The molecule has 0 bridgehead atoms. The van der Waals surface area contributed by atoms with E-state index in [2.05, 4.69) is 124 Å². The van der Waals surface area contributed by atoms with Gasteiger partial charge < -0.3 is 4.74 Å². The van der Waals surface area contributed by atoms with Gasteiger partial charge in [-0.3, -0.25) is 4.57 Å². The van der Waals surface area contributed by atoms with E-state index in [0.29, 0.717) is 5.92 Å². The second-order valence-corrected chi connectivity index (χ2v) is 13.6. The van der Waals surface area contributed by atoms with Crippen LogP contribution in [-0.2, 0) is 4.94 Å². The molecule has 6 nitrogen and oxygen atoms in total. The Hall–Kier alpha value is -5.59. The Kier molecular flexibility index (Phi) is 7.19. The van der Waals surface area contributed by atoms with Gasteiger partial charge in [-0.05, 0) is 98.0 Å². The number of anilines is 3. The summed E-state index contributed by atoms with van der Waals surface area (Å²) >= 11 is 0. The van der Waals surface area contributed by atoms with Crippen molar-refractivity contribution in [2.45, 2.75) is 46.1 Å². The monoisotopic (exact) mass is 630 g/mol. The minimum Gasteiger partial charge on any atom is -0.457 e. The fraction of sp³-hybridized carbons (Fsp3) is 0.167. The van der Waals surface area contributed by atoms with Crippen LogP contribution in [0.5, 0.6) is 11.5 Å². The number of aromatic nitrogens is 2. The zero-order valence-corrected chi connectivity index (χ0v) is 27.9. The van der Waals surface area contributed by atoms with Gasteiger partial charge in [0.25, 0.3) is 0 Å². The number of ether oxygens (including phenoxy) is 1. The Balaban J connectivity index is 1.18. The van der Waals surface area contributed by atoms with Crippen LogP contribution in [0.15, 0.2) is 134 Å². The summed E-state index contributed by atoms with van der Waals surface area (Å²) in [7, 11) is 0. The number of benzene rings is 5. The van der Waals surface area contributed by atoms with Gasteiger partial charge in [0, 0.05) is 29.1 Å². The Labute approximate surface area is 281 Å². The number of hydrogen-bond acceptors (Lipinski definition) is 5. The lowest BCUT2D eigenvalue weighted by molar-refractivity contribution is 0.0842. The molecule has 6 heteroatoms. The largest absolute Gasteiger partial charge is 0.457 e. The molecule has 238 valence electrons. The van der Waals surface area contributed by atoms with E-state index in [0.717, 1.165) is 56.4 Å². The maximum absolute atomic E-state index is 6.56. The SMILES string of the molecule is CC(C)c1ccccc1-c1ccnc(-n2c3ccccc3c3ccc(Oc4cccc(N5ON(C(C)(C)C)c6ccccc65)c4)cc32)c1. The summed E-state index contributed by atoms with van der Waals surface area (Å²) in [4.78, 5) is 11.3. The Morgan fingerprint density at radius 3 is 2.23 bits per heavy atom. The van der Waals surface area contributed by atoms with Crippen LogP contribution in [0.4, 0.5) is 17.1 Å². The van der Waals surface area contributed by atoms with Gasteiger partial charge in [-0.1, -0.05) is 74.5 Å². The van der Waals surface area contributed by atoms with Gasteiger partial charge in [-0.25, -0.2) is 10.0 Å². The number of rotatable bonds is 6. The summed E-state index contributed by atoms with van der Waals surface area (Å²) in [5.74, 6) is 2.73. The lowest BCUT2D eigenvalue weighted by Gasteiger charge is -2.31. The van der Waals surface area contributed by atoms with E-state index in [1.54, 1.807) is 0 Å². The van der Waals surface area contributed by atoms with Crippen LogP contribution in [0.2, 0.25) is 0 Å². The summed E-state index contributed by atoms with van der Waals surface area (Å²) < 4.78 is 8.80. The van der Waals surface area contributed by atoms with Crippen LogP contribution < -0.4 is 14.9 Å². The van der Waals surface area contributed by atoms with Crippen LogP contribution in [0.25, 0.3) is 38.8 Å². The fourth-order valence-corrected chi connectivity index (χ4v) is 6.69. The van der Waals surface area contributed by atoms with Gasteiger partial charge in [0.05, 0.1) is 33.6 Å². The van der Waals surface area contributed by atoms with Crippen molar-refractivity contribution in [1.82, 2.24) is 9.55 Å². The maximum Gasteiger partial charge on any atom is 0.138 e. The lowest BCUT2D eigenvalue weighted by atomic mass is 9.93. The lowest BCUT2D eigenvalue weighted by Crippen LogP contribution is -2.41. The molecule has 48 heavy (non-hydrogen) atoms. The van der Waals surface area contributed by atoms with E-state index in [1.165, 1.54) is 16.5 Å². The number of hydroxylamine groups is 1. The van der Waals surface area contributed by atoms with E-state index >= 15 is 0 Å². The third-order valence-electron chi connectivity index (χ3n) is 8.89. The van der Waals surface area contributed by atoms with Crippen molar-refractivity contribution in [3.8, 4) is 28.4 Å². The maximum atomic E-state index is 6.56. The predicted molar refractivity (Wildman–Crippen MR) is 197 cm³/mol. The minimum atomic E-state index is -0.223. The average molecular weight is 631 g/mol. The summed E-state index contributed by atoms with van der Waals surface area (Å²) in [5, 5.41) is 6.13. The van der Waals surface area contributed by atoms with Crippen LogP contribution >= 0.6 is 0 Å². The molecule has 0 saturated carbocycles. The highest BCUT2D eigenvalue weighted by Crippen LogP contribution is 2.45. The molecule has 0 atom stereocenters. The fourth-order valence-electron chi connectivity index (χ4n) is 6.69. The summed E-state index contributed by atoms with van der Waals surface area (Å²) in [5.41, 5.74) is 8.51. The number of para-hydroxylation sites is 3. The molecule has 5 aromatic carbocycles. The number of hydrogen-bond donors (Lipinski definition) is 0. The highest BCUT2D eigenvalue weighted by Gasteiger charge is 2.35. The molecule has 0 aliphatic carbocycles. The molecule has 8 rings (SSSR count). The first kappa shape index (κ1) is 29.8. The van der Waals surface area contributed by atoms with Crippen LogP contribution in [0.1, 0.15) is 46.1 Å². The highest BCUT2D eigenvalue weighted by molar-refractivity contribution is 6.09. The topological polar surface area (TPSA) is 42.8 Å². The molecule has 7 aromatic rings. The van der Waals surface area contributed by atoms with E-state index in [-0.39, 0.29) is 5.54 Å². The summed E-state index contributed by atoms with van der Waals surface area (Å²) in [6.45, 7) is 10.9. The smallest absolute Gasteiger partial charge is 0.138 e. The third kappa shape index (κ3) is 5.15. The zero-order valence-electron chi connectivity index (χ0n) is 27.9. The first-order valence-electron chi connectivity index (χ1n) is 16.5. The standard InChI is InChI=1S/C42H38N4O2/c1-28(2)33-15-6-7-16-34(33)29-23-24-43-41(25-29)44-37-18-9-8-17-35(37)36-22-21-32(27-40(36)44)47-31-14-12-13-30(26-31)45-38-19-10-11-20-39(38)46(48-45)42(3,4)5/h6-28H,1-5H3. The molecule has 0 amide bonds. The summed E-state index contributed by atoms with van der Waals surface area (Å²) in [6.07, 6.45) is 1.91. The number of pyridine rings is 1. The van der Waals surface area contributed by atoms with Crippen molar-refractivity contribution in [1.29, 1.82) is 0 Å². The van der Waals surface area contributed by atoms with Crippen LogP contribution in [-0.4, -0.2) is 15.1 Å². The van der Waals surface area contributed by atoms with Crippen LogP contribution in [0.3, 0.4) is 0 Å². The van der Waals surface area contributed by atoms with E-state index in [9.17, 15) is 0 Å². The van der Waals surface area contributed by atoms with Crippen molar-refractivity contribution in [2.24, 2.45) is 0 Å². The number of fused-ring (bicyclic) bond motifs is 4. The van der Waals surface area contributed by atoms with Gasteiger partial charge in [0.15, 0.2) is 0 Å². The Morgan fingerprint density at radius 2 is 1.40 bits per heavy atom. The molecule has 1 aliphatic heterocycles. The molecule has 3 heterocycles. The highest BCUT2D eigenvalue weighted by atomic mass is 16.9. The molecule has 0 spiro atoms. The Morgan fingerprint density at radius 1 is 0.667 bits per heavy atom. The quantitative estimate of drug-likeness (QED) is 0.183. The van der Waals surface area contributed by atoms with E-state index < -0.39 is 0 Å². The molecule has 0 N–H and O–H groups in total. The first-order chi connectivity index (χ1) is 23.3. The molecule has 2 aromatic heterocycles. The van der Waals surface area contributed by atoms with Gasteiger partial charge in [-0.2, -0.15) is 5.06 Å². The van der Waals surface area contributed by atoms with Crippen LogP contribution in [0, 0.1) is 0 Å². The second kappa shape index (κ2) is 11.6. The normalized spacial score (nSPS) is 13.1. The molecule has 0 radical (unpaired) electrons. The van der Waals surface area contributed by atoms with Gasteiger partial charge in [-0.15, -0.1) is 4.94 Å². The Bertz CT molecular complexity index is 2300. The van der Waals surface area contributed by atoms with E-state index in [4.69, 9.17) is 14.7 Å². The first-order valence-corrected chi connectivity index (χ1v) is 16.5. The van der Waals surface area contributed by atoms with Crippen molar-refractivity contribution >= 4 is 38.9 Å². The predicted octanol–water partition coefficient (Wildman–Crippen LogP) is 11.4. The minimum absolute atomic E-state index is 0.223. The van der Waals surface area contributed by atoms with Crippen molar-refractivity contribution in [2.75, 3.05) is 10.1 Å². The van der Waals surface area contributed by atoms with Crippen molar-refractivity contribution in [3.05, 3.63) is 139 Å². The average Bonchev–Trinajstić information content (AvgIpc) is 3.65. The van der Waals surface area contributed by atoms with Gasteiger partial charge in [0.2, 0.25) is 0 Å². The van der Waals surface area contributed by atoms with Gasteiger partial charge in [0.1, 0.15) is 17.3 Å². The molecular formula is C42H38N4O2. The third-order valence-corrected chi connectivity index (χ3v) is 8.89. The molecule has 0 fully saturated rings.